The lowest BCUT2D eigenvalue weighted by molar-refractivity contribution is 0.415. The van der Waals surface area contributed by atoms with Crippen molar-refractivity contribution in [1.29, 1.82) is 0 Å². The van der Waals surface area contributed by atoms with Gasteiger partial charge in [0, 0.05) is 10.7 Å². The van der Waals surface area contributed by atoms with E-state index in [2.05, 4.69) is 23.5 Å². The third kappa shape index (κ3) is 3.66. The molecular weight excluding hydrogens is 306 g/mol. The zero-order chi connectivity index (χ0) is 16.1. The molecule has 3 aromatic rings. The molecule has 1 atom stereocenters. The van der Waals surface area contributed by atoms with E-state index < -0.39 is 0 Å². The van der Waals surface area contributed by atoms with E-state index in [1.54, 1.807) is 7.11 Å². The molecule has 0 spiro atoms. The van der Waals surface area contributed by atoms with E-state index in [4.69, 9.17) is 16.3 Å². The summed E-state index contributed by atoms with van der Waals surface area (Å²) in [5.41, 5.74) is 3.23. The molecule has 3 heteroatoms. The van der Waals surface area contributed by atoms with E-state index in [9.17, 15) is 0 Å². The van der Waals surface area contributed by atoms with Crippen LogP contribution < -0.4 is 10.1 Å². The SMILES string of the molecule is COc1ccc(NC(c2ccccc2)c2ccccc2Cl)cc1. The van der Waals surface area contributed by atoms with Gasteiger partial charge in [-0.25, -0.2) is 0 Å². The van der Waals surface area contributed by atoms with Crippen molar-refractivity contribution >= 4 is 17.3 Å². The summed E-state index contributed by atoms with van der Waals surface area (Å²) in [5, 5.41) is 4.32. The highest BCUT2D eigenvalue weighted by Crippen LogP contribution is 2.31. The van der Waals surface area contributed by atoms with Gasteiger partial charge in [-0.05, 0) is 41.5 Å². The average Bonchev–Trinajstić information content (AvgIpc) is 2.62. The van der Waals surface area contributed by atoms with Crippen LogP contribution in [0, 0.1) is 0 Å². The molecule has 2 nitrogen and oxygen atoms in total. The van der Waals surface area contributed by atoms with Gasteiger partial charge in [0.05, 0.1) is 13.2 Å². The summed E-state index contributed by atoms with van der Waals surface area (Å²) >= 11 is 6.42. The molecule has 0 heterocycles. The van der Waals surface area contributed by atoms with Crippen LogP contribution in [-0.4, -0.2) is 7.11 Å². The largest absolute Gasteiger partial charge is 0.497 e. The molecule has 0 aliphatic rings. The molecular formula is C20H18ClNO. The second-order valence-corrected chi connectivity index (χ2v) is 5.65. The number of ether oxygens (including phenoxy) is 1. The second kappa shape index (κ2) is 7.21. The molecule has 0 saturated heterocycles. The summed E-state index contributed by atoms with van der Waals surface area (Å²) in [6.45, 7) is 0. The predicted octanol–water partition coefficient (Wildman–Crippen LogP) is 5.55. The van der Waals surface area contributed by atoms with Crippen molar-refractivity contribution in [2.75, 3.05) is 12.4 Å². The van der Waals surface area contributed by atoms with E-state index in [1.807, 2.05) is 60.7 Å². The third-order valence-electron chi connectivity index (χ3n) is 3.75. The summed E-state index contributed by atoms with van der Waals surface area (Å²) in [4.78, 5) is 0. The maximum Gasteiger partial charge on any atom is 0.119 e. The van der Waals surface area contributed by atoms with E-state index in [0.717, 1.165) is 27.6 Å². The Balaban J connectivity index is 1.97. The smallest absolute Gasteiger partial charge is 0.119 e. The van der Waals surface area contributed by atoms with Crippen LogP contribution in [0.15, 0.2) is 78.9 Å². The van der Waals surface area contributed by atoms with Crippen LogP contribution in [-0.2, 0) is 0 Å². The van der Waals surface area contributed by atoms with Crippen molar-refractivity contribution in [2.24, 2.45) is 0 Å². The highest BCUT2D eigenvalue weighted by Gasteiger charge is 2.16. The van der Waals surface area contributed by atoms with Crippen molar-refractivity contribution in [3.05, 3.63) is 95.0 Å². The number of hydrogen-bond donors (Lipinski definition) is 1. The van der Waals surface area contributed by atoms with Crippen LogP contribution in [0.25, 0.3) is 0 Å². The number of nitrogens with one attached hydrogen (secondary N) is 1. The number of hydrogen-bond acceptors (Lipinski definition) is 2. The Hall–Kier alpha value is -2.45. The van der Waals surface area contributed by atoms with Gasteiger partial charge in [-0.2, -0.15) is 0 Å². The molecule has 3 aromatic carbocycles. The average molecular weight is 324 g/mol. The van der Waals surface area contributed by atoms with Gasteiger partial charge in [0.15, 0.2) is 0 Å². The lowest BCUT2D eigenvalue weighted by Gasteiger charge is -2.22. The second-order valence-electron chi connectivity index (χ2n) is 5.24. The highest BCUT2D eigenvalue weighted by molar-refractivity contribution is 6.31. The Morgan fingerprint density at radius 2 is 1.48 bits per heavy atom. The van der Waals surface area contributed by atoms with E-state index >= 15 is 0 Å². The number of anilines is 1. The zero-order valence-electron chi connectivity index (χ0n) is 12.9. The first-order chi connectivity index (χ1) is 11.3. The molecule has 0 fully saturated rings. The van der Waals surface area contributed by atoms with E-state index in [0.29, 0.717) is 0 Å². The Kier molecular flexibility index (Phi) is 4.84. The van der Waals surface area contributed by atoms with E-state index in [-0.39, 0.29) is 6.04 Å². The molecule has 116 valence electrons. The fraction of sp³-hybridized carbons (Fsp3) is 0.100. The predicted molar refractivity (Wildman–Crippen MR) is 96.4 cm³/mol. The summed E-state index contributed by atoms with van der Waals surface area (Å²) in [7, 11) is 1.67. The Morgan fingerprint density at radius 1 is 0.826 bits per heavy atom. The molecule has 0 aliphatic heterocycles. The van der Waals surface area contributed by atoms with Crippen molar-refractivity contribution in [3.63, 3.8) is 0 Å². The Bertz CT molecular complexity index is 756. The first-order valence-corrected chi connectivity index (χ1v) is 7.85. The van der Waals surface area contributed by atoms with Crippen molar-refractivity contribution in [3.8, 4) is 5.75 Å². The summed E-state index contributed by atoms with van der Waals surface area (Å²) in [6.07, 6.45) is 0. The van der Waals surface area contributed by atoms with Gasteiger partial charge in [0.1, 0.15) is 5.75 Å². The van der Waals surface area contributed by atoms with Gasteiger partial charge in [-0.1, -0.05) is 60.1 Å². The normalized spacial score (nSPS) is 11.7. The van der Waals surface area contributed by atoms with E-state index in [1.165, 1.54) is 0 Å². The standard InChI is InChI=1S/C20H18ClNO/c1-23-17-13-11-16(12-14-17)22-20(15-7-3-2-4-8-15)18-9-5-6-10-19(18)21/h2-14,20,22H,1H3. The quantitative estimate of drug-likeness (QED) is 0.664. The topological polar surface area (TPSA) is 21.3 Å². The molecule has 0 amide bonds. The maximum absolute atomic E-state index is 6.42. The molecule has 0 saturated carbocycles. The fourth-order valence-electron chi connectivity index (χ4n) is 2.55. The molecule has 3 rings (SSSR count). The first kappa shape index (κ1) is 15.4. The molecule has 1 unspecified atom stereocenters. The van der Waals surface area contributed by atoms with Gasteiger partial charge in [-0.15, -0.1) is 0 Å². The van der Waals surface area contributed by atoms with Crippen LogP contribution in [0.1, 0.15) is 17.2 Å². The zero-order valence-corrected chi connectivity index (χ0v) is 13.6. The molecule has 23 heavy (non-hydrogen) atoms. The molecule has 0 aliphatic carbocycles. The van der Waals surface area contributed by atoms with Crippen LogP contribution in [0.3, 0.4) is 0 Å². The molecule has 0 aromatic heterocycles. The molecule has 0 bridgehead atoms. The van der Waals surface area contributed by atoms with Gasteiger partial charge in [-0.3, -0.25) is 0 Å². The minimum atomic E-state index is -0.0155. The van der Waals surface area contributed by atoms with Crippen LogP contribution in [0.2, 0.25) is 5.02 Å². The first-order valence-electron chi connectivity index (χ1n) is 7.48. The van der Waals surface area contributed by atoms with Crippen LogP contribution >= 0.6 is 11.6 Å². The van der Waals surface area contributed by atoms with Gasteiger partial charge < -0.3 is 10.1 Å². The maximum atomic E-state index is 6.42. The summed E-state index contributed by atoms with van der Waals surface area (Å²) < 4.78 is 5.21. The van der Waals surface area contributed by atoms with Crippen molar-refractivity contribution < 1.29 is 4.74 Å². The van der Waals surface area contributed by atoms with Gasteiger partial charge in [0.2, 0.25) is 0 Å². The number of rotatable bonds is 5. The number of benzene rings is 3. The van der Waals surface area contributed by atoms with Crippen LogP contribution in [0.4, 0.5) is 5.69 Å². The number of methoxy groups -OCH3 is 1. The Labute approximate surface area is 141 Å². The molecule has 1 N–H and O–H groups in total. The monoisotopic (exact) mass is 323 g/mol. The minimum Gasteiger partial charge on any atom is -0.497 e. The third-order valence-corrected chi connectivity index (χ3v) is 4.09. The lowest BCUT2D eigenvalue weighted by atomic mass is 9.98. The van der Waals surface area contributed by atoms with Gasteiger partial charge in [0.25, 0.3) is 0 Å². The van der Waals surface area contributed by atoms with Crippen molar-refractivity contribution in [2.45, 2.75) is 6.04 Å². The summed E-state index contributed by atoms with van der Waals surface area (Å²) in [6, 6.07) is 26.1. The fourth-order valence-corrected chi connectivity index (χ4v) is 2.79. The number of halogens is 1. The summed E-state index contributed by atoms with van der Waals surface area (Å²) in [5.74, 6) is 0.838. The lowest BCUT2D eigenvalue weighted by Crippen LogP contribution is -2.12. The Morgan fingerprint density at radius 3 is 2.13 bits per heavy atom. The van der Waals surface area contributed by atoms with Crippen LogP contribution in [0.5, 0.6) is 5.75 Å². The molecule has 0 radical (unpaired) electrons. The van der Waals surface area contributed by atoms with Crippen molar-refractivity contribution in [1.82, 2.24) is 0 Å². The minimum absolute atomic E-state index is 0.0155. The highest BCUT2D eigenvalue weighted by atomic mass is 35.5. The van der Waals surface area contributed by atoms with Gasteiger partial charge >= 0.3 is 0 Å².